The summed E-state index contributed by atoms with van der Waals surface area (Å²) in [5.74, 6) is -2.67. The summed E-state index contributed by atoms with van der Waals surface area (Å²) >= 11 is 0. The Kier molecular flexibility index (Phi) is 15.3. The van der Waals surface area contributed by atoms with Crippen molar-refractivity contribution < 1.29 is 53.8 Å². The Morgan fingerprint density at radius 3 is 2.09 bits per heavy atom. The molecule has 2 fully saturated rings. The van der Waals surface area contributed by atoms with Gasteiger partial charge in [0.25, 0.3) is 0 Å². The van der Waals surface area contributed by atoms with Gasteiger partial charge in [0.15, 0.2) is 22.4 Å². The first kappa shape index (κ1) is 49.1. The van der Waals surface area contributed by atoms with Crippen molar-refractivity contribution in [1.82, 2.24) is 5.32 Å². The number of phenols is 1. The Balaban J connectivity index is 1.42. The number of aliphatic hydroxyl groups is 3. The van der Waals surface area contributed by atoms with E-state index in [2.05, 4.69) is 10.6 Å². The van der Waals surface area contributed by atoms with E-state index >= 15 is 4.79 Å². The first-order valence-electron chi connectivity index (χ1n) is 24.1. The van der Waals surface area contributed by atoms with Crippen molar-refractivity contribution in [2.45, 2.75) is 103 Å². The molecule has 6 N–H and O–H groups in total. The molecule has 1 amide bonds. The molecule has 5 unspecified atom stereocenters. The van der Waals surface area contributed by atoms with Crippen LogP contribution in [0.15, 0.2) is 27.3 Å². The van der Waals surface area contributed by atoms with Gasteiger partial charge in [-0.05, 0) is 121 Å². The molecule has 0 aromatic heterocycles. The lowest BCUT2D eigenvalue weighted by Gasteiger charge is -2.30. The molecule has 5 atom stereocenters. The van der Waals surface area contributed by atoms with Gasteiger partial charge in [0, 0.05) is 68.2 Å². The molecule has 5 aromatic rings. The van der Waals surface area contributed by atoms with Crippen molar-refractivity contribution >= 4 is 72.3 Å². The van der Waals surface area contributed by atoms with Crippen LogP contribution in [0, 0.1) is 17.8 Å². The number of aliphatic hydroxyl groups excluding tert-OH is 3. The molecule has 0 bridgehead atoms. The van der Waals surface area contributed by atoms with Crippen LogP contribution < -0.4 is 26.2 Å². The van der Waals surface area contributed by atoms with E-state index in [1.165, 1.54) is 26.2 Å². The maximum Gasteiger partial charge on any atom is 0.225 e. The van der Waals surface area contributed by atoms with Gasteiger partial charge in [0.1, 0.15) is 11.6 Å². The molecular weight excluding hydrogens is 873 g/mol. The summed E-state index contributed by atoms with van der Waals surface area (Å²) in [4.78, 5) is 71.6. The first-order chi connectivity index (χ1) is 32.9. The van der Waals surface area contributed by atoms with Crippen molar-refractivity contribution in [3.63, 3.8) is 0 Å². The lowest BCUT2D eigenvalue weighted by atomic mass is 9.77. The number of allylic oxidation sites excluding steroid dienone is 1. The molecule has 0 spiro atoms. The Bertz CT molecular complexity index is 2880. The number of hydrogen-bond donors (Lipinski definition) is 6. The van der Waals surface area contributed by atoms with Gasteiger partial charge in [-0.3, -0.25) is 24.0 Å². The van der Waals surface area contributed by atoms with E-state index in [0.717, 1.165) is 24.8 Å². The van der Waals surface area contributed by atoms with Crippen LogP contribution in [0.2, 0.25) is 0 Å². The summed E-state index contributed by atoms with van der Waals surface area (Å²) in [5.41, 5.74) is 2.29. The van der Waals surface area contributed by atoms with Gasteiger partial charge in [-0.1, -0.05) is 24.5 Å². The largest absolute Gasteiger partial charge is 0.504 e. The number of aromatic hydroxyl groups is 1. The zero-order chi connectivity index (χ0) is 48.4. The highest BCUT2D eigenvalue weighted by molar-refractivity contribution is 6.39. The van der Waals surface area contributed by atoms with E-state index in [9.17, 15) is 34.5 Å². The van der Waals surface area contributed by atoms with E-state index in [4.69, 9.17) is 24.1 Å². The van der Waals surface area contributed by atoms with Crippen LogP contribution in [0.4, 0.5) is 5.69 Å². The highest BCUT2D eigenvalue weighted by Crippen LogP contribution is 2.57. The molecule has 0 radical (unpaired) electrons. The third kappa shape index (κ3) is 8.81. The van der Waals surface area contributed by atoms with Gasteiger partial charge in [0.05, 0.1) is 68.4 Å². The number of rotatable bonds is 23. The van der Waals surface area contributed by atoms with E-state index in [1.807, 2.05) is 13.0 Å². The zero-order valence-corrected chi connectivity index (χ0v) is 39.5. The monoisotopic (exact) mass is 936 g/mol. The van der Waals surface area contributed by atoms with Crippen LogP contribution in [0.1, 0.15) is 105 Å². The number of fused-ring (bicyclic) bond motifs is 1. The van der Waals surface area contributed by atoms with Gasteiger partial charge in [-0.15, -0.1) is 0 Å². The predicted molar refractivity (Wildman–Crippen MR) is 260 cm³/mol. The number of phenolic OH excluding ortho intramolecular Hbond substituents is 1. The normalized spacial score (nSPS) is 20.3. The molecule has 0 saturated heterocycles. The predicted octanol–water partition coefficient (Wildman–Crippen LogP) is 5.75. The number of hydrogen-bond acceptors (Lipinski definition) is 14. The van der Waals surface area contributed by atoms with E-state index in [0.29, 0.717) is 121 Å². The van der Waals surface area contributed by atoms with Crippen LogP contribution in [0.3, 0.4) is 0 Å². The SMILES string of the molecule is COCCOCCCC(=O)C1CCCC1Cc1c(NC2CCCC2C(=O)NCCOCCCO)c2c(=O)cc(CO)c3c4c(CO)cc(=O)c5c(O)c(OC)c6c(c(c1C=C(C)C6C(C)=O)c23)c54. The number of ether oxygens (including phenoxy) is 4. The Morgan fingerprint density at radius 2 is 1.41 bits per heavy atom. The number of methoxy groups -OCH3 is 2. The summed E-state index contributed by atoms with van der Waals surface area (Å²) in [7, 11) is 2.97. The highest BCUT2D eigenvalue weighted by atomic mass is 16.5. The van der Waals surface area contributed by atoms with Crippen molar-refractivity contribution in [3.05, 3.63) is 66.0 Å². The average Bonchev–Trinajstić information content (AvgIpc) is 3.97. The minimum Gasteiger partial charge on any atom is -0.504 e. The molecule has 3 aliphatic carbocycles. The maximum atomic E-state index is 15.1. The minimum atomic E-state index is -0.973. The molecular formula is C53H64N2O13. The summed E-state index contributed by atoms with van der Waals surface area (Å²) < 4.78 is 22.3. The molecule has 2 saturated carbocycles. The van der Waals surface area contributed by atoms with Gasteiger partial charge < -0.3 is 50.0 Å². The Hall–Kier alpha value is -5.29. The fourth-order valence-corrected chi connectivity index (χ4v) is 11.9. The van der Waals surface area contributed by atoms with Crippen molar-refractivity contribution in [2.75, 3.05) is 65.7 Å². The smallest absolute Gasteiger partial charge is 0.225 e. The fraction of sp³-hybridized carbons (Fsp3) is 0.528. The van der Waals surface area contributed by atoms with Gasteiger partial charge in [0.2, 0.25) is 5.91 Å². The van der Waals surface area contributed by atoms with Crippen molar-refractivity contribution in [1.29, 1.82) is 0 Å². The quantitative estimate of drug-likeness (QED) is 0.0261. The molecule has 0 heterocycles. The highest BCUT2D eigenvalue weighted by Gasteiger charge is 2.40. The third-order valence-electron chi connectivity index (χ3n) is 14.8. The molecule has 15 heteroatoms. The number of ketones is 2. The van der Waals surface area contributed by atoms with Gasteiger partial charge >= 0.3 is 0 Å². The number of anilines is 1. The number of Topliss-reactive ketones (excluding diaryl/α,β-unsaturated/α-hetero) is 2. The van der Waals surface area contributed by atoms with Crippen LogP contribution in [-0.4, -0.2) is 104 Å². The standard InChI is InChI=1S/C53H64N2O13/c1-27-21-34-35(22-29-9-5-10-32(29)37(60)13-7-16-68-20-19-65-3)50(55-36-12-6-11-33(36)53(64)54-14-18-67-17-8-15-56)44-38(61)23-30(25-57)41-42-31(26-58)24-39(62)45-47(42)48(43(34)46(41)44)49(40(27)28(2)59)52(66-4)51(45)63/h21,23-24,29,32-33,36,40,55-58,63H,5-20,22,25-26H2,1-4H3,(H,54,64). The lowest BCUT2D eigenvalue weighted by Crippen LogP contribution is -2.39. The zero-order valence-electron chi connectivity index (χ0n) is 39.5. The van der Waals surface area contributed by atoms with Crippen LogP contribution in [0.5, 0.6) is 11.5 Å². The number of amides is 1. The summed E-state index contributed by atoms with van der Waals surface area (Å²) in [6.45, 7) is 4.39. The fourth-order valence-electron chi connectivity index (χ4n) is 11.9. The second-order valence-electron chi connectivity index (χ2n) is 18.8. The Labute approximate surface area is 394 Å². The molecule has 364 valence electrons. The van der Waals surface area contributed by atoms with Crippen LogP contribution in [-0.2, 0) is 48.2 Å². The second-order valence-corrected chi connectivity index (χ2v) is 18.8. The Morgan fingerprint density at radius 1 is 0.750 bits per heavy atom. The number of benzene rings is 5. The van der Waals surface area contributed by atoms with Crippen molar-refractivity contribution in [2.24, 2.45) is 17.8 Å². The molecule has 0 aliphatic heterocycles. The number of carbonyl (C=O) groups excluding carboxylic acids is 3. The molecule has 8 rings (SSSR count). The van der Waals surface area contributed by atoms with E-state index in [-0.39, 0.29) is 82.1 Å². The van der Waals surface area contributed by atoms with E-state index in [1.54, 1.807) is 7.11 Å². The third-order valence-corrected chi connectivity index (χ3v) is 14.8. The minimum absolute atomic E-state index is 0.00927. The molecule has 68 heavy (non-hydrogen) atoms. The average molecular weight is 937 g/mol. The molecule has 5 aromatic carbocycles. The topological polar surface area (TPSA) is 227 Å². The van der Waals surface area contributed by atoms with E-state index < -0.39 is 47.7 Å². The van der Waals surface area contributed by atoms with Crippen LogP contribution in [0.25, 0.3) is 49.2 Å². The number of nitrogens with one attached hydrogen (secondary N) is 2. The lowest BCUT2D eigenvalue weighted by molar-refractivity contribution is -0.125. The summed E-state index contributed by atoms with van der Waals surface area (Å²) in [6, 6.07) is 2.22. The molecule has 3 aliphatic rings. The van der Waals surface area contributed by atoms with Crippen LogP contribution >= 0.6 is 0 Å². The first-order valence-corrected chi connectivity index (χ1v) is 24.1. The van der Waals surface area contributed by atoms with Crippen molar-refractivity contribution in [3.8, 4) is 11.5 Å². The maximum absolute atomic E-state index is 15.1. The number of carbonyl (C=O) groups is 3. The second kappa shape index (κ2) is 21.1. The van der Waals surface area contributed by atoms with Gasteiger partial charge in [-0.2, -0.15) is 0 Å². The molecule has 15 nitrogen and oxygen atoms in total. The summed E-state index contributed by atoms with van der Waals surface area (Å²) in [6.07, 6.45) is 7.88. The summed E-state index contributed by atoms with van der Waals surface area (Å²) in [5, 5.41) is 52.8. The van der Waals surface area contributed by atoms with Gasteiger partial charge in [-0.25, -0.2) is 0 Å².